The van der Waals surface area contributed by atoms with E-state index in [1.54, 1.807) is 0 Å². The van der Waals surface area contributed by atoms with Gasteiger partial charge in [0.05, 0.1) is 23.7 Å². The lowest BCUT2D eigenvalue weighted by atomic mass is 10.1. The topological polar surface area (TPSA) is 114 Å². The molecule has 1 saturated carbocycles. The molecular formula is C25H27F4N3O6S. The smallest absolute Gasteiger partial charge is 0.427 e. The minimum Gasteiger partial charge on any atom is -0.484 e. The molecule has 2 unspecified atom stereocenters. The maximum Gasteiger partial charge on any atom is 0.427 e. The van der Waals surface area contributed by atoms with E-state index in [1.165, 1.54) is 18.2 Å². The number of alkyl halides is 3. The fourth-order valence-electron chi connectivity index (χ4n) is 3.92. The Labute approximate surface area is 222 Å². The molecule has 0 aromatic heterocycles. The highest BCUT2D eigenvalue weighted by atomic mass is 32.2. The van der Waals surface area contributed by atoms with E-state index in [-0.39, 0.29) is 52.9 Å². The summed E-state index contributed by atoms with van der Waals surface area (Å²) in [7, 11) is -4.29. The maximum atomic E-state index is 13.6. The minimum atomic E-state index is -4.82. The number of benzene rings is 2. The largest absolute Gasteiger partial charge is 0.484 e. The van der Waals surface area contributed by atoms with Crippen LogP contribution in [0.1, 0.15) is 27.2 Å². The summed E-state index contributed by atoms with van der Waals surface area (Å²) in [6.45, 7) is 3.08. The number of amides is 2. The highest BCUT2D eigenvalue weighted by molar-refractivity contribution is 7.92. The molecule has 4 rings (SSSR count). The van der Waals surface area contributed by atoms with Gasteiger partial charge in [0, 0.05) is 11.6 Å². The summed E-state index contributed by atoms with van der Waals surface area (Å²) in [5.74, 6) is -0.550. The van der Waals surface area contributed by atoms with Crippen molar-refractivity contribution in [2.75, 3.05) is 22.7 Å². The van der Waals surface area contributed by atoms with E-state index < -0.39 is 39.8 Å². The van der Waals surface area contributed by atoms with E-state index in [1.807, 2.05) is 6.92 Å². The van der Waals surface area contributed by atoms with Gasteiger partial charge >= 0.3 is 12.3 Å². The SMILES string of the molecule is CC1CC1C(=O)NC[C@H]1CN(S(=O)(=O)c2ccc(F)cc2)c2cc(NC(=O)OC(C)(C)C(F)(F)F)ccc2O1. The minimum absolute atomic E-state index is 0.00971. The summed E-state index contributed by atoms with van der Waals surface area (Å²) < 4.78 is 91.3. The van der Waals surface area contributed by atoms with Gasteiger partial charge in [-0.3, -0.25) is 14.4 Å². The fourth-order valence-corrected chi connectivity index (χ4v) is 5.42. The summed E-state index contributed by atoms with van der Waals surface area (Å²) in [5.41, 5.74) is -2.86. The van der Waals surface area contributed by atoms with Crippen LogP contribution >= 0.6 is 0 Å². The molecule has 3 atom stereocenters. The zero-order valence-corrected chi connectivity index (χ0v) is 22.0. The zero-order valence-electron chi connectivity index (χ0n) is 21.2. The molecule has 2 aliphatic rings. The molecule has 1 aliphatic heterocycles. The fraction of sp³-hybridized carbons (Fsp3) is 0.440. The summed E-state index contributed by atoms with van der Waals surface area (Å²) in [6.07, 6.45) is -6.25. The Morgan fingerprint density at radius 3 is 2.36 bits per heavy atom. The maximum absolute atomic E-state index is 13.6. The summed E-state index contributed by atoms with van der Waals surface area (Å²) in [6, 6.07) is 7.99. The van der Waals surface area contributed by atoms with Crippen LogP contribution in [0, 0.1) is 17.7 Å². The van der Waals surface area contributed by atoms with Crippen molar-refractivity contribution >= 4 is 33.4 Å². The summed E-state index contributed by atoms with van der Waals surface area (Å²) >= 11 is 0. The molecule has 2 aromatic rings. The summed E-state index contributed by atoms with van der Waals surface area (Å²) in [4.78, 5) is 24.2. The van der Waals surface area contributed by atoms with Gasteiger partial charge in [-0.1, -0.05) is 6.92 Å². The molecule has 1 aliphatic carbocycles. The molecule has 0 bridgehead atoms. The lowest BCUT2D eigenvalue weighted by Gasteiger charge is -2.36. The van der Waals surface area contributed by atoms with Crippen molar-refractivity contribution in [1.82, 2.24) is 5.32 Å². The second-order valence-electron chi connectivity index (χ2n) is 10.00. The Morgan fingerprint density at radius 2 is 1.77 bits per heavy atom. The molecule has 1 fully saturated rings. The highest BCUT2D eigenvalue weighted by Gasteiger charge is 2.51. The van der Waals surface area contributed by atoms with E-state index >= 15 is 0 Å². The van der Waals surface area contributed by atoms with E-state index in [4.69, 9.17) is 4.74 Å². The van der Waals surface area contributed by atoms with Gasteiger partial charge in [-0.25, -0.2) is 17.6 Å². The number of anilines is 2. The van der Waals surface area contributed by atoms with Crippen LogP contribution in [0.3, 0.4) is 0 Å². The molecule has 39 heavy (non-hydrogen) atoms. The number of rotatable bonds is 7. The van der Waals surface area contributed by atoms with E-state index in [2.05, 4.69) is 15.4 Å². The number of fused-ring (bicyclic) bond motifs is 1. The van der Waals surface area contributed by atoms with Crippen molar-refractivity contribution in [1.29, 1.82) is 0 Å². The van der Waals surface area contributed by atoms with E-state index in [9.17, 15) is 35.6 Å². The van der Waals surface area contributed by atoms with Crippen molar-refractivity contribution in [3.8, 4) is 5.75 Å². The predicted molar refractivity (Wildman–Crippen MR) is 132 cm³/mol. The van der Waals surface area contributed by atoms with Gasteiger partial charge in [0.2, 0.25) is 11.5 Å². The highest BCUT2D eigenvalue weighted by Crippen LogP contribution is 2.40. The number of nitrogens with zero attached hydrogens (tertiary/aromatic N) is 1. The lowest BCUT2D eigenvalue weighted by Crippen LogP contribution is -2.48. The monoisotopic (exact) mass is 573 g/mol. The zero-order chi connectivity index (χ0) is 28.8. The van der Waals surface area contributed by atoms with Crippen LogP contribution in [0.25, 0.3) is 0 Å². The Morgan fingerprint density at radius 1 is 1.13 bits per heavy atom. The van der Waals surface area contributed by atoms with Crippen LogP contribution in [0.2, 0.25) is 0 Å². The first-order valence-electron chi connectivity index (χ1n) is 12.0. The molecule has 0 spiro atoms. The number of hydrogen-bond acceptors (Lipinski definition) is 6. The van der Waals surface area contributed by atoms with Crippen LogP contribution in [-0.2, 0) is 19.6 Å². The van der Waals surface area contributed by atoms with Gasteiger partial charge in [0.25, 0.3) is 10.0 Å². The van der Waals surface area contributed by atoms with Gasteiger partial charge in [-0.2, -0.15) is 13.2 Å². The third kappa shape index (κ3) is 6.21. The number of halogens is 4. The van der Waals surface area contributed by atoms with Gasteiger partial charge in [0.15, 0.2) is 0 Å². The number of sulfonamides is 1. The first-order valence-corrected chi connectivity index (χ1v) is 13.5. The standard InChI is InChI=1S/C25H27F4N3O6S/c1-14-10-19(14)22(33)30-12-17-13-32(39(35,36)18-7-4-15(26)5-8-18)20-11-16(6-9-21(20)37-17)31-23(34)38-24(2,3)25(27,28)29/h4-9,11,14,17,19H,10,12-13H2,1-3H3,(H,30,33)(H,31,34)/t14?,17-,19?/m0/s1. The lowest BCUT2D eigenvalue weighted by molar-refractivity contribution is -0.242. The van der Waals surface area contributed by atoms with Crippen molar-refractivity contribution in [3.05, 3.63) is 48.3 Å². The van der Waals surface area contributed by atoms with E-state index in [0.717, 1.165) is 35.0 Å². The van der Waals surface area contributed by atoms with Gasteiger partial charge < -0.3 is 14.8 Å². The Bertz CT molecular complexity index is 1360. The third-order valence-corrected chi connectivity index (χ3v) is 8.31. The van der Waals surface area contributed by atoms with Crippen molar-refractivity contribution in [2.45, 2.75) is 50.0 Å². The Hall–Kier alpha value is -3.55. The van der Waals surface area contributed by atoms with Crippen LogP contribution in [-0.4, -0.2) is 51.4 Å². The number of carbonyl (C=O) groups excluding carboxylic acids is 2. The second-order valence-corrected chi connectivity index (χ2v) is 11.9. The van der Waals surface area contributed by atoms with Crippen molar-refractivity contribution in [2.24, 2.45) is 11.8 Å². The molecule has 212 valence electrons. The quantitative estimate of drug-likeness (QED) is 0.474. The Balaban J connectivity index is 1.60. The van der Waals surface area contributed by atoms with Crippen LogP contribution in [0.5, 0.6) is 5.75 Å². The number of ether oxygens (including phenoxy) is 2. The molecular weight excluding hydrogens is 546 g/mol. The molecule has 2 N–H and O–H groups in total. The number of carbonyl (C=O) groups is 2. The molecule has 9 nitrogen and oxygen atoms in total. The average molecular weight is 574 g/mol. The molecule has 2 amide bonds. The predicted octanol–water partition coefficient (Wildman–Crippen LogP) is 4.44. The van der Waals surface area contributed by atoms with Gasteiger partial charge in [-0.05, 0) is 68.7 Å². The molecule has 14 heteroatoms. The number of hydrogen-bond donors (Lipinski definition) is 2. The van der Waals surface area contributed by atoms with Gasteiger partial charge in [-0.15, -0.1) is 0 Å². The third-order valence-electron chi connectivity index (χ3n) is 6.52. The van der Waals surface area contributed by atoms with E-state index in [0.29, 0.717) is 13.8 Å². The molecule has 1 heterocycles. The van der Waals surface area contributed by atoms with Crippen LogP contribution in [0.4, 0.5) is 33.7 Å². The second kappa shape index (κ2) is 10.2. The normalized spacial score (nSPS) is 20.9. The van der Waals surface area contributed by atoms with Crippen molar-refractivity contribution in [3.63, 3.8) is 0 Å². The molecule has 2 aromatic carbocycles. The van der Waals surface area contributed by atoms with Crippen molar-refractivity contribution < 1.29 is 45.0 Å². The van der Waals surface area contributed by atoms with Crippen LogP contribution in [0.15, 0.2) is 47.4 Å². The average Bonchev–Trinajstić information content (AvgIpc) is 3.57. The van der Waals surface area contributed by atoms with Crippen LogP contribution < -0.4 is 19.7 Å². The number of nitrogens with one attached hydrogen (secondary N) is 2. The first-order chi connectivity index (χ1) is 18.1. The Kier molecular flexibility index (Phi) is 7.45. The van der Waals surface area contributed by atoms with Gasteiger partial charge in [0.1, 0.15) is 17.7 Å². The molecule has 0 radical (unpaired) electrons. The first kappa shape index (κ1) is 28.5. The molecule has 0 saturated heterocycles. The summed E-state index contributed by atoms with van der Waals surface area (Å²) in [5, 5.41) is 4.94.